The Morgan fingerprint density at radius 2 is 1.94 bits per heavy atom. The Kier molecular flexibility index (Phi) is 6.44. The fourth-order valence-corrected chi connectivity index (χ4v) is 2.92. The van der Waals surface area contributed by atoms with Gasteiger partial charge in [-0.05, 0) is 30.5 Å². The van der Waals surface area contributed by atoms with Crippen molar-refractivity contribution in [3.05, 3.63) is 71.3 Å². The van der Waals surface area contributed by atoms with Crippen molar-refractivity contribution in [1.82, 2.24) is 10.3 Å². The number of aliphatic imine (C=N–C) groups is 1. The molecule has 0 aliphatic carbocycles. The Bertz CT molecular complexity index is 1150. The third-order valence-electron chi connectivity index (χ3n) is 4.39. The minimum Gasteiger partial charge on any atom is -0.404 e. The molecule has 1 aliphatic rings. The van der Waals surface area contributed by atoms with E-state index in [0.717, 1.165) is 12.3 Å². The summed E-state index contributed by atoms with van der Waals surface area (Å²) >= 11 is 0. The van der Waals surface area contributed by atoms with Crippen LogP contribution in [0.25, 0.3) is 6.08 Å². The van der Waals surface area contributed by atoms with Gasteiger partial charge >= 0.3 is 12.4 Å². The van der Waals surface area contributed by atoms with E-state index in [4.69, 9.17) is 5.73 Å². The second-order valence-corrected chi connectivity index (χ2v) is 6.60. The molecule has 174 valence electrons. The number of anilines is 1. The first-order valence-corrected chi connectivity index (χ1v) is 9.08. The minimum atomic E-state index is -5.16. The maximum absolute atomic E-state index is 13.8. The molecule has 0 saturated heterocycles. The number of aromatic nitrogens is 1. The van der Waals surface area contributed by atoms with Gasteiger partial charge in [0.25, 0.3) is 5.91 Å². The van der Waals surface area contributed by atoms with Crippen molar-refractivity contribution < 1.29 is 36.2 Å². The lowest BCUT2D eigenvalue weighted by atomic mass is 10.0. The van der Waals surface area contributed by atoms with E-state index in [1.54, 1.807) is 0 Å². The summed E-state index contributed by atoms with van der Waals surface area (Å²) in [5.41, 5.74) is 0.888. The summed E-state index contributed by atoms with van der Waals surface area (Å²) in [7, 11) is 0. The normalized spacial score (nSPS) is 16.8. The molecule has 2 heterocycles. The van der Waals surface area contributed by atoms with Gasteiger partial charge in [-0.25, -0.2) is 4.99 Å². The van der Waals surface area contributed by atoms with Gasteiger partial charge in [-0.3, -0.25) is 9.78 Å². The average molecular weight is 471 g/mol. The van der Waals surface area contributed by atoms with Crippen molar-refractivity contribution in [2.24, 2.45) is 10.7 Å². The molecule has 1 aromatic heterocycles. The van der Waals surface area contributed by atoms with Crippen LogP contribution in [0, 0.1) is 0 Å². The van der Waals surface area contributed by atoms with E-state index in [1.807, 2.05) is 5.32 Å². The van der Waals surface area contributed by atoms with E-state index in [1.165, 1.54) is 30.5 Å². The highest BCUT2D eigenvalue weighted by Crippen LogP contribution is 2.34. The number of nitrogens with two attached hydrogens (primary N) is 1. The number of halogens is 6. The van der Waals surface area contributed by atoms with Crippen LogP contribution in [0.15, 0.2) is 59.5 Å². The molecule has 13 heteroatoms. The Labute approximate surface area is 182 Å². The van der Waals surface area contributed by atoms with E-state index in [-0.39, 0.29) is 16.8 Å². The van der Waals surface area contributed by atoms with Gasteiger partial charge in [0, 0.05) is 29.2 Å². The number of nitrogens with one attached hydrogen (secondary N) is 2. The quantitative estimate of drug-likeness (QED) is 0.308. The van der Waals surface area contributed by atoms with E-state index in [9.17, 15) is 36.2 Å². The standard InChI is InChI=1S/C20H15F6N5O2/c21-19(22,23)15-8-10(4-6-28-15)30-18(33)13(9-27)16(20(24,25)26)31-14-3-1-2-12-11(14)5-7-29-17(12)32/h1-9,17,29,32H,27H2,(H,28,30,33). The van der Waals surface area contributed by atoms with Gasteiger partial charge in [-0.2, -0.15) is 26.3 Å². The van der Waals surface area contributed by atoms with Crippen molar-refractivity contribution in [1.29, 1.82) is 0 Å². The van der Waals surface area contributed by atoms with E-state index < -0.39 is 47.2 Å². The van der Waals surface area contributed by atoms with Gasteiger partial charge in [-0.15, -0.1) is 0 Å². The first-order chi connectivity index (χ1) is 15.4. The number of carbonyl (C=O) groups excluding carboxylic acids is 1. The van der Waals surface area contributed by atoms with Gasteiger partial charge < -0.3 is 21.5 Å². The van der Waals surface area contributed by atoms with Crippen molar-refractivity contribution in [2.75, 3.05) is 5.32 Å². The van der Waals surface area contributed by atoms with Gasteiger partial charge in [-0.1, -0.05) is 12.1 Å². The molecule has 0 radical (unpaired) electrons. The number of aliphatic hydroxyl groups excluding tert-OH is 1. The van der Waals surface area contributed by atoms with Crippen LogP contribution >= 0.6 is 0 Å². The van der Waals surface area contributed by atoms with Crippen LogP contribution in [0.3, 0.4) is 0 Å². The molecule has 3 rings (SSSR count). The van der Waals surface area contributed by atoms with E-state index >= 15 is 0 Å². The van der Waals surface area contributed by atoms with Crippen LogP contribution in [0.5, 0.6) is 0 Å². The number of fused-ring (bicyclic) bond motifs is 1. The molecular formula is C20H15F6N5O2. The van der Waals surface area contributed by atoms with Gasteiger partial charge in [0.2, 0.25) is 0 Å². The molecule has 0 bridgehead atoms. The highest BCUT2D eigenvalue weighted by molar-refractivity contribution is 6.27. The lowest BCUT2D eigenvalue weighted by molar-refractivity contribution is -0.141. The van der Waals surface area contributed by atoms with Gasteiger partial charge in [0.1, 0.15) is 5.69 Å². The molecule has 0 spiro atoms. The number of hydrogen-bond donors (Lipinski definition) is 4. The second kappa shape index (κ2) is 8.94. The molecule has 0 fully saturated rings. The topological polar surface area (TPSA) is 113 Å². The fraction of sp³-hybridized carbons (Fsp3) is 0.150. The summed E-state index contributed by atoms with van der Waals surface area (Å²) in [5, 5.41) is 14.5. The lowest BCUT2D eigenvalue weighted by Crippen LogP contribution is -2.32. The third-order valence-corrected chi connectivity index (χ3v) is 4.39. The molecule has 2 aromatic rings. The van der Waals surface area contributed by atoms with Crippen LogP contribution in [0.4, 0.5) is 37.7 Å². The zero-order valence-electron chi connectivity index (χ0n) is 16.4. The second-order valence-electron chi connectivity index (χ2n) is 6.60. The van der Waals surface area contributed by atoms with Crippen LogP contribution in [0.1, 0.15) is 23.0 Å². The molecule has 1 unspecified atom stereocenters. The monoisotopic (exact) mass is 471 g/mol. The van der Waals surface area contributed by atoms with E-state index in [0.29, 0.717) is 12.3 Å². The minimum absolute atomic E-state index is 0.172. The van der Waals surface area contributed by atoms with Crippen LogP contribution in [0.2, 0.25) is 0 Å². The third kappa shape index (κ3) is 5.31. The largest absolute Gasteiger partial charge is 0.434 e. The molecule has 33 heavy (non-hydrogen) atoms. The number of amides is 1. The first-order valence-electron chi connectivity index (χ1n) is 9.08. The molecular weight excluding hydrogens is 456 g/mol. The molecule has 1 aromatic carbocycles. The molecule has 1 aliphatic heterocycles. The number of hydrogen-bond acceptors (Lipinski definition) is 6. The first kappa shape index (κ1) is 23.8. The zero-order chi connectivity index (χ0) is 24.4. The number of pyridine rings is 1. The molecule has 5 N–H and O–H groups in total. The van der Waals surface area contributed by atoms with Gasteiger partial charge in [0.15, 0.2) is 11.9 Å². The smallest absolute Gasteiger partial charge is 0.404 e. The summed E-state index contributed by atoms with van der Waals surface area (Å²) in [6, 6.07) is 5.49. The predicted octanol–water partition coefficient (Wildman–Crippen LogP) is 3.78. The summed E-state index contributed by atoms with van der Waals surface area (Å²) in [4.78, 5) is 19.2. The summed E-state index contributed by atoms with van der Waals surface area (Å²) in [5.74, 6) is -1.44. The summed E-state index contributed by atoms with van der Waals surface area (Å²) in [6.45, 7) is 0. The Morgan fingerprint density at radius 3 is 2.58 bits per heavy atom. The molecule has 7 nitrogen and oxygen atoms in total. The highest BCUT2D eigenvalue weighted by Gasteiger charge is 2.41. The molecule has 1 atom stereocenters. The Hall–Kier alpha value is -3.87. The van der Waals surface area contributed by atoms with Crippen LogP contribution in [-0.4, -0.2) is 27.9 Å². The van der Waals surface area contributed by atoms with Crippen molar-refractivity contribution in [3.8, 4) is 0 Å². The number of benzene rings is 1. The van der Waals surface area contributed by atoms with Crippen molar-refractivity contribution in [3.63, 3.8) is 0 Å². The van der Waals surface area contributed by atoms with Crippen molar-refractivity contribution >= 4 is 29.1 Å². The van der Waals surface area contributed by atoms with Crippen molar-refractivity contribution in [2.45, 2.75) is 18.6 Å². The predicted molar refractivity (Wildman–Crippen MR) is 107 cm³/mol. The van der Waals surface area contributed by atoms with Gasteiger partial charge in [0.05, 0.1) is 11.3 Å². The summed E-state index contributed by atoms with van der Waals surface area (Å²) in [6.07, 6.45) is -7.37. The van der Waals surface area contributed by atoms with Crippen LogP contribution in [-0.2, 0) is 11.0 Å². The number of nitrogens with zero attached hydrogens (tertiary/aromatic N) is 2. The number of rotatable bonds is 4. The molecule has 1 amide bonds. The number of carbonyl (C=O) groups is 1. The number of alkyl halides is 6. The Morgan fingerprint density at radius 1 is 1.21 bits per heavy atom. The maximum Gasteiger partial charge on any atom is 0.434 e. The number of aliphatic hydroxyl groups is 1. The average Bonchev–Trinajstić information content (AvgIpc) is 2.73. The summed E-state index contributed by atoms with van der Waals surface area (Å²) < 4.78 is 79.9. The van der Waals surface area contributed by atoms with Crippen LogP contribution < -0.4 is 16.4 Å². The highest BCUT2D eigenvalue weighted by atomic mass is 19.4. The fourth-order valence-electron chi connectivity index (χ4n) is 2.92. The SMILES string of the molecule is NC=C(C(=O)Nc1ccnc(C(F)(F)F)c1)C(=Nc1cccc2c1C=CNC2O)C(F)(F)F. The van der Waals surface area contributed by atoms with E-state index in [2.05, 4.69) is 15.3 Å². The zero-order valence-corrected chi connectivity index (χ0v) is 16.4. The lowest BCUT2D eigenvalue weighted by Gasteiger charge is -2.20. The molecule has 0 saturated carbocycles. The Balaban J connectivity index is 2.01. The maximum atomic E-state index is 13.8.